The van der Waals surface area contributed by atoms with Crippen LogP contribution in [0.1, 0.15) is 27.2 Å². The fraction of sp³-hybridized carbons (Fsp3) is 0.500. The van der Waals surface area contributed by atoms with Gasteiger partial charge < -0.3 is 14.8 Å². The van der Waals surface area contributed by atoms with Crippen LogP contribution in [0, 0.1) is 18.3 Å². The van der Waals surface area contributed by atoms with Crippen LogP contribution in [0.2, 0.25) is 0 Å². The first-order chi connectivity index (χ1) is 8.67. The number of thiophene rings is 1. The summed E-state index contributed by atoms with van der Waals surface area (Å²) >= 11 is 1.26. The highest BCUT2D eigenvalue weighted by molar-refractivity contribution is 7.18. The smallest absolute Gasteiger partial charge is 0.348 e. The zero-order chi connectivity index (χ0) is 13.1. The van der Waals surface area contributed by atoms with Crippen LogP contribution >= 0.6 is 11.3 Å². The minimum absolute atomic E-state index is 0.209. The zero-order valence-electron chi connectivity index (χ0n) is 10.3. The highest BCUT2D eigenvalue weighted by atomic mass is 32.1. The Morgan fingerprint density at radius 1 is 1.72 bits per heavy atom. The minimum atomic E-state index is -0.401. The van der Waals surface area contributed by atoms with E-state index in [-0.39, 0.29) is 6.10 Å². The van der Waals surface area contributed by atoms with Gasteiger partial charge in [0.25, 0.3) is 0 Å². The van der Waals surface area contributed by atoms with E-state index in [9.17, 15) is 4.79 Å². The maximum Gasteiger partial charge on any atom is 0.348 e. The van der Waals surface area contributed by atoms with Gasteiger partial charge in [-0.25, -0.2) is 4.79 Å². The maximum absolute atomic E-state index is 11.5. The SMILES string of the molecule is COC(=O)c1sc(NCC2CCO2)c(C#N)c1C. The topological polar surface area (TPSA) is 71.3 Å². The molecule has 1 saturated heterocycles. The van der Waals surface area contributed by atoms with Gasteiger partial charge in [0.2, 0.25) is 0 Å². The molecular weight excluding hydrogens is 252 g/mol. The van der Waals surface area contributed by atoms with Crippen molar-refractivity contribution in [1.29, 1.82) is 5.26 Å². The van der Waals surface area contributed by atoms with Crippen molar-refractivity contribution in [1.82, 2.24) is 0 Å². The highest BCUT2D eigenvalue weighted by Crippen LogP contribution is 2.33. The van der Waals surface area contributed by atoms with Gasteiger partial charge in [-0.15, -0.1) is 11.3 Å². The molecule has 0 spiro atoms. The first kappa shape index (κ1) is 12.9. The molecule has 1 aliphatic heterocycles. The molecule has 0 saturated carbocycles. The van der Waals surface area contributed by atoms with Crippen molar-refractivity contribution >= 4 is 22.3 Å². The third kappa shape index (κ3) is 2.33. The lowest BCUT2D eigenvalue weighted by molar-refractivity contribution is -0.0410. The average molecular weight is 266 g/mol. The molecule has 96 valence electrons. The fourth-order valence-electron chi connectivity index (χ4n) is 1.71. The van der Waals surface area contributed by atoms with Crippen LogP contribution in [0.25, 0.3) is 0 Å². The van der Waals surface area contributed by atoms with E-state index in [1.54, 1.807) is 6.92 Å². The third-order valence-corrected chi connectivity index (χ3v) is 4.14. The number of nitriles is 1. The van der Waals surface area contributed by atoms with E-state index in [0.29, 0.717) is 27.5 Å². The largest absolute Gasteiger partial charge is 0.465 e. The van der Waals surface area contributed by atoms with Crippen molar-refractivity contribution in [2.45, 2.75) is 19.4 Å². The van der Waals surface area contributed by atoms with Crippen molar-refractivity contribution < 1.29 is 14.3 Å². The number of anilines is 1. The van der Waals surface area contributed by atoms with Crippen molar-refractivity contribution in [3.05, 3.63) is 16.0 Å². The molecule has 1 aliphatic rings. The van der Waals surface area contributed by atoms with E-state index in [0.717, 1.165) is 13.0 Å². The fourth-order valence-corrected chi connectivity index (χ4v) is 2.79. The molecule has 1 N–H and O–H groups in total. The standard InChI is InChI=1S/C12H14N2O3S/c1-7-9(5-13)11(14-6-8-3-4-17-8)18-10(7)12(15)16-2/h8,14H,3-4,6H2,1-2H3. The first-order valence-corrected chi connectivity index (χ1v) is 6.46. The predicted molar refractivity (Wildman–Crippen MR) is 68.0 cm³/mol. The van der Waals surface area contributed by atoms with Crippen LogP contribution in [-0.2, 0) is 9.47 Å². The molecule has 0 aliphatic carbocycles. The zero-order valence-corrected chi connectivity index (χ0v) is 11.1. The van der Waals surface area contributed by atoms with Gasteiger partial charge in [0.15, 0.2) is 0 Å². The lowest BCUT2D eigenvalue weighted by atomic mass is 10.1. The van der Waals surface area contributed by atoms with Gasteiger partial charge in [0.1, 0.15) is 15.9 Å². The Morgan fingerprint density at radius 3 is 2.94 bits per heavy atom. The van der Waals surface area contributed by atoms with Crippen LogP contribution in [0.3, 0.4) is 0 Å². The quantitative estimate of drug-likeness (QED) is 0.843. The van der Waals surface area contributed by atoms with Crippen LogP contribution in [0.5, 0.6) is 0 Å². The summed E-state index contributed by atoms with van der Waals surface area (Å²) in [6.45, 7) is 3.22. The van der Waals surface area contributed by atoms with E-state index in [1.807, 2.05) is 0 Å². The van der Waals surface area contributed by atoms with Crippen LogP contribution in [-0.4, -0.2) is 32.3 Å². The Kier molecular flexibility index (Phi) is 3.84. The number of hydrogen-bond donors (Lipinski definition) is 1. The van der Waals surface area contributed by atoms with E-state index in [2.05, 4.69) is 11.4 Å². The second-order valence-electron chi connectivity index (χ2n) is 4.03. The molecule has 6 heteroatoms. The number of carbonyl (C=O) groups is 1. The number of ether oxygens (including phenoxy) is 2. The Labute approximate surface area is 109 Å². The van der Waals surface area contributed by atoms with Crippen molar-refractivity contribution in [3.63, 3.8) is 0 Å². The van der Waals surface area contributed by atoms with Crippen LogP contribution < -0.4 is 5.32 Å². The average Bonchev–Trinajstić information content (AvgIpc) is 2.63. The molecule has 1 aromatic heterocycles. The molecule has 2 rings (SSSR count). The van der Waals surface area contributed by atoms with Gasteiger partial charge >= 0.3 is 5.97 Å². The molecule has 1 unspecified atom stereocenters. The van der Waals surface area contributed by atoms with Gasteiger partial charge in [0, 0.05) is 13.2 Å². The van der Waals surface area contributed by atoms with Crippen molar-refractivity contribution in [2.75, 3.05) is 25.6 Å². The molecule has 1 atom stereocenters. The van der Waals surface area contributed by atoms with E-state index < -0.39 is 5.97 Å². The second kappa shape index (κ2) is 5.38. The summed E-state index contributed by atoms with van der Waals surface area (Å²) in [4.78, 5) is 12.0. The second-order valence-corrected chi connectivity index (χ2v) is 5.05. The predicted octanol–water partition coefficient (Wildman–Crippen LogP) is 1.92. The lowest BCUT2D eigenvalue weighted by Crippen LogP contribution is -2.33. The van der Waals surface area contributed by atoms with Gasteiger partial charge in [-0.3, -0.25) is 0 Å². The summed E-state index contributed by atoms with van der Waals surface area (Å²) in [5, 5.41) is 13.0. The summed E-state index contributed by atoms with van der Waals surface area (Å²) in [5.41, 5.74) is 1.19. The van der Waals surface area contributed by atoms with E-state index in [1.165, 1.54) is 18.4 Å². The molecule has 1 fully saturated rings. The van der Waals surface area contributed by atoms with Crippen LogP contribution in [0.15, 0.2) is 0 Å². The Morgan fingerprint density at radius 2 is 2.44 bits per heavy atom. The normalized spacial score (nSPS) is 17.7. The number of esters is 1. The number of nitrogens with zero attached hydrogens (tertiary/aromatic N) is 1. The van der Waals surface area contributed by atoms with Crippen molar-refractivity contribution in [3.8, 4) is 6.07 Å². The van der Waals surface area contributed by atoms with Gasteiger partial charge in [-0.2, -0.15) is 5.26 Å². The number of rotatable bonds is 4. The van der Waals surface area contributed by atoms with Gasteiger partial charge in [0.05, 0.1) is 18.8 Å². The number of carbonyl (C=O) groups excluding carboxylic acids is 1. The maximum atomic E-state index is 11.5. The summed E-state index contributed by atoms with van der Waals surface area (Å²) < 4.78 is 10.00. The number of nitrogens with one attached hydrogen (secondary N) is 1. The Hall–Kier alpha value is -1.58. The molecule has 0 aromatic carbocycles. The summed E-state index contributed by atoms with van der Waals surface area (Å²) in [6, 6.07) is 2.12. The molecule has 0 radical (unpaired) electrons. The molecule has 0 bridgehead atoms. The van der Waals surface area contributed by atoms with Crippen LogP contribution in [0.4, 0.5) is 5.00 Å². The molecular formula is C12H14N2O3S. The first-order valence-electron chi connectivity index (χ1n) is 5.64. The van der Waals surface area contributed by atoms with Gasteiger partial charge in [-0.05, 0) is 18.9 Å². The summed E-state index contributed by atoms with van der Waals surface area (Å²) in [5.74, 6) is -0.401. The monoisotopic (exact) mass is 266 g/mol. The molecule has 2 heterocycles. The minimum Gasteiger partial charge on any atom is -0.465 e. The molecule has 1 aromatic rings. The van der Waals surface area contributed by atoms with E-state index >= 15 is 0 Å². The molecule has 18 heavy (non-hydrogen) atoms. The highest BCUT2D eigenvalue weighted by Gasteiger charge is 2.22. The molecule has 0 amide bonds. The number of hydrogen-bond acceptors (Lipinski definition) is 6. The Bertz CT molecular complexity index is 500. The Balaban J connectivity index is 2.17. The van der Waals surface area contributed by atoms with Crippen molar-refractivity contribution in [2.24, 2.45) is 0 Å². The summed E-state index contributed by atoms with van der Waals surface area (Å²) in [7, 11) is 1.34. The lowest BCUT2D eigenvalue weighted by Gasteiger charge is -2.26. The summed E-state index contributed by atoms with van der Waals surface area (Å²) in [6.07, 6.45) is 1.24. The molecule has 5 nitrogen and oxygen atoms in total. The number of methoxy groups -OCH3 is 1. The van der Waals surface area contributed by atoms with Gasteiger partial charge in [-0.1, -0.05) is 0 Å². The third-order valence-electron chi connectivity index (χ3n) is 2.91. The van der Waals surface area contributed by atoms with E-state index in [4.69, 9.17) is 14.7 Å².